The van der Waals surface area contributed by atoms with Crippen LogP contribution in [-0.2, 0) is 6.42 Å². The van der Waals surface area contributed by atoms with Gasteiger partial charge in [0, 0.05) is 11.8 Å². The lowest BCUT2D eigenvalue weighted by Crippen LogP contribution is -2.10. The molecule has 0 aromatic carbocycles. The minimum Gasteiger partial charge on any atom is -0.476 e. The predicted molar refractivity (Wildman–Crippen MR) is 72.0 cm³/mol. The Hall–Kier alpha value is -2.22. The number of aromatic carboxylic acids is 1. The molecule has 0 radical (unpaired) electrons. The second-order valence-corrected chi connectivity index (χ2v) is 4.95. The summed E-state index contributed by atoms with van der Waals surface area (Å²) in [6.07, 6.45) is 4.12. The average molecular weight is 292 g/mol. The molecule has 0 spiro atoms. The second kappa shape index (κ2) is 6.29. The Morgan fingerprint density at radius 1 is 1.40 bits per heavy atom. The molecule has 0 aliphatic rings. The fourth-order valence-corrected chi connectivity index (χ4v) is 2.22. The van der Waals surface area contributed by atoms with E-state index in [4.69, 9.17) is 5.11 Å². The fraction of sp³-hybridized carbons (Fsp3) is 0.250. The number of H-pyrrole nitrogens is 1. The third-order valence-corrected chi connectivity index (χ3v) is 3.13. The number of rotatable bonds is 5. The summed E-state index contributed by atoms with van der Waals surface area (Å²) in [5.74, 6) is -1.13. The quantitative estimate of drug-likeness (QED) is 0.801. The van der Waals surface area contributed by atoms with Gasteiger partial charge in [0.2, 0.25) is 0 Å². The van der Waals surface area contributed by atoms with Crippen molar-refractivity contribution in [1.82, 2.24) is 19.9 Å². The molecule has 0 unspecified atom stereocenters. The Morgan fingerprint density at radius 3 is 2.80 bits per heavy atom. The monoisotopic (exact) mass is 292 g/mol. The van der Waals surface area contributed by atoms with Crippen LogP contribution in [0.25, 0.3) is 0 Å². The lowest BCUT2D eigenvalue weighted by molar-refractivity contribution is 0.0689. The van der Waals surface area contributed by atoms with Crippen LogP contribution in [0.1, 0.15) is 29.5 Å². The van der Waals surface area contributed by atoms with E-state index in [1.165, 1.54) is 18.5 Å². The molecule has 2 rings (SSSR count). The van der Waals surface area contributed by atoms with Crippen molar-refractivity contribution in [2.24, 2.45) is 0 Å². The maximum atomic E-state index is 11.5. The van der Waals surface area contributed by atoms with Crippen molar-refractivity contribution in [3.63, 3.8) is 0 Å². The van der Waals surface area contributed by atoms with Gasteiger partial charge >= 0.3 is 5.97 Å². The first-order chi connectivity index (χ1) is 9.58. The summed E-state index contributed by atoms with van der Waals surface area (Å²) in [6.45, 7) is 2.01. The molecule has 7 nitrogen and oxygen atoms in total. The van der Waals surface area contributed by atoms with Gasteiger partial charge in [0.15, 0.2) is 10.9 Å². The van der Waals surface area contributed by atoms with E-state index >= 15 is 0 Å². The molecule has 20 heavy (non-hydrogen) atoms. The topological polar surface area (TPSA) is 109 Å². The highest BCUT2D eigenvalue weighted by Gasteiger charge is 2.08. The number of carboxylic acids is 1. The van der Waals surface area contributed by atoms with E-state index in [1.54, 1.807) is 0 Å². The van der Waals surface area contributed by atoms with Crippen LogP contribution in [0.2, 0.25) is 0 Å². The predicted octanol–water partition coefficient (Wildman–Crippen LogP) is 1.36. The number of aryl methyl sites for hydroxylation is 1. The van der Waals surface area contributed by atoms with E-state index in [9.17, 15) is 9.59 Å². The zero-order chi connectivity index (χ0) is 14.5. The van der Waals surface area contributed by atoms with Crippen LogP contribution in [0, 0.1) is 0 Å². The average Bonchev–Trinajstić information content (AvgIpc) is 2.39. The minimum absolute atomic E-state index is 0.129. The largest absolute Gasteiger partial charge is 0.476 e. The van der Waals surface area contributed by atoms with E-state index in [0.29, 0.717) is 15.9 Å². The van der Waals surface area contributed by atoms with E-state index in [1.807, 2.05) is 6.92 Å². The molecule has 2 N–H and O–H groups in total. The molecule has 0 aliphatic carbocycles. The normalized spacial score (nSPS) is 10.4. The van der Waals surface area contributed by atoms with E-state index in [0.717, 1.165) is 24.6 Å². The van der Waals surface area contributed by atoms with Gasteiger partial charge in [0.1, 0.15) is 5.03 Å². The zero-order valence-corrected chi connectivity index (χ0v) is 11.5. The van der Waals surface area contributed by atoms with Crippen LogP contribution in [-0.4, -0.2) is 31.0 Å². The number of carbonyl (C=O) groups is 1. The third kappa shape index (κ3) is 3.64. The molecule has 0 atom stereocenters. The summed E-state index contributed by atoms with van der Waals surface area (Å²) in [5, 5.41) is 9.61. The van der Waals surface area contributed by atoms with Crippen LogP contribution in [0.4, 0.5) is 0 Å². The van der Waals surface area contributed by atoms with Crippen molar-refractivity contribution in [3.8, 4) is 0 Å². The van der Waals surface area contributed by atoms with Crippen molar-refractivity contribution in [3.05, 3.63) is 40.2 Å². The summed E-state index contributed by atoms with van der Waals surface area (Å²) < 4.78 is 0. The minimum atomic E-state index is -1.13. The summed E-state index contributed by atoms with van der Waals surface area (Å²) in [5.41, 5.74) is 0.366. The number of carboxylic acid groups (broad SMARTS) is 1. The van der Waals surface area contributed by atoms with Gasteiger partial charge in [0.05, 0.1) is 12.4 Å². The standard InChI is InChI=1S/C12H12N4O3S/c1-2-3-7-4-9(17)16-12(15-7)20-10-6-13-8(5-14-10)11(18)19/h4-6H,2-3H2,1H3,(H,18,19)(H,15,16,17). The van der Waals surface area contributed by atoms with Crippen LogP contribution >= 0.6 is 11.8 Å². The van der Waals surface area contributed by atoms with Crippen LogP contribution in [0.3, 0.4) is 0 Å². The molecule has 8 heteroatoms. The lowest BCUT2D eigenvalue weighted by atomic mass is 10.2. The lowest BCUT2D eigenvalue weighted by Gasteiger charge is -2.02. The molecule has 2 aromatic heterocycles. The maximum absolute atomic E-state index is 11.5. The number of aromatic amines is 1. The molecular formula is C12H12N4O3S. The smallest absolute Gasteiger partial charge is 0.356 e. The molecule has 2 aromatic rings. The van der Waals surface area contributed by atoms with Crippen molar-refractivity contribution in [1.29, 1.82) is 0 Å². The Balaban J connectivity index is 2.20. The van der Waals surface area contributed by atoms with Gasteiger partial charge in [-0.3, -0.25) is 4.79 Å². The van der Waals surface area contributed by atoms with Gasteiger partial charge < -0.3 is 10.1 Å². The molecule has 0 saturated heterocycles. The Morgan fingerprint density at radius 2 is 2.20 bits per heavy atom. The number of nitrogens with zero attached hydrogens (tertiary/aromatic N) is 3. The summed E-state index contributed by atoms with van der Waals surface area (Å²) in [7, 11) is 0. The summed E-state index contributed by atoms with van der Waals surface area (Å²) >= 11 is 1.13. The number of hydrogen-bond donors (Lipinski definition) is 2. The fourth-order valence-electron chi connectivity index (χ4n) is 1.49. The zero-order valence-electron chi connectivity index (χ0n) is 10.7. The first-order valence-corrected chi connectivity index (χ1v) is 6.73. The van der Waals surface area contributed by atoms with Gasteiger partial charge in [0.25, 0.3) is 5.56 Å². The molecule has 104 valence electrons. The molecule has 0 amide bonds. The van der Waals surface area contributed by atoms with Crippen molar-refractivity contribution in [2.45, 2.75) is 29.9 Å². The van der Waals surface area contributed by atoms with Gasteiger partial charge in [-0.15, -0.1) is 0 Å². The first kappa shape index (κ1) is 14.2. The van der Waals surface area contributed by atoms with Crippen LogP contribution in [0.5, 0.6) is 0 Å². The molecule has 0 saturated carbocycles. The maximum Gasteiger partial charge on any atom is 0.356 e. The highest BCUT2D eigenvalue weighted by molar-refractivity contribution is 7.99. The highest BCUT2D eigenvalue weighted by Crippen LogP contribution is 2.20. The molecule has 0 bridgehead atoms. The molecule has 0 fully saturated rings. The van der Waals surface area contributed by atoms with Gasteiger partial charge in [-0.25, -0.2) is 19.7 Å². The Labute approximate surface area is 118 Å². The van der Waals surface area contributed by atoms with Crippen LogP contribution < -0.4 is 5.56 Å². The van der Waals surface area contributed by atoms with Crippen molar-refractivity contribution < 1.29 is 9.90 Å². The Bertz CT molecular complexity index is 669. The number of aromatic nitrogens is 4. The second-order valence-electron chi connectivity index (χ2n) is 3.94. The number of nitrogens with one attached hydrogen (secondary N) is 1. The summed E-state index contributed by atoms with van der Waals surface area (Å²) in [6, 6.07) is 1.47. The molecule has 2 heterocycles. The third-order valence-electron chi connectivity index (χ3n) is 2.33. The van der Waals surface area contributed by atoms with Gasteiger partial charge in [-0.1, -0.05) is 13.3 Å². The van der Waals surface area contributed by atoms with Crippen molar-refractivity contribution in [2.75, 3.05) is 0 Å². The van der Waals surface area contributed by atoms with Crippen LogP contribution in [0.15, 0.2) is 33.4 Å². The van der Waals surface area contributed by atoms with E-state index < -0.39 is 5.97 Å². The molecular weight excluding hydrogens is 280 g/mol. The highest BCUT2D eigenvalue weighted by atomic mass is 32.2. The van der Waals surface area contributed by atoms with Gasteiger partial charge in [-0.2, -0.15) is 0 Å². The first-order valence-electron chi connectivity index (χ1n) is 5.92. The SMILES string of the molecule is CCCc1cc(=O)[nH]c(Sc2cnc(C(=O)O)cn2)n1. The summed E-state index contributed by atoms with van der Waals surface area (Å²) in [4.78, 5) is 36.8. The number of hydrogen-bond acceptors (Lipinski definition) is 6. The van der Waals surface area contributed by atoms with E-state index in [2.05, 4.69) is 19.9 Å². The van der Waals surface area contributed by atoms with E-state index in [-0.39, 0.29) is 11.3 Å². The Kier molecular flexibility index (Phi) is 4.46. The van der Waals surface area contributed by atoms with Crippen molar-refractivity contribution >= 4 is 17.7 Å². The van der Waals surface area contributed by atoms with Gasteiger partial charge in [-0.05, 0) is 18.2 Å². The molecule has 0 aliphatic heterocycles.